The first-order valence-electron chi connectivity index (χ1n) is 5.85. The Labute approximate surface area is 115 Å². The summed E-state index contributed by atoms with van der Waals surface area (Å²) in [5, 5.41) is 17.6. The first kappa shape index (κ1) is 15.5. The Morgan fingerprint density at radius 1 is 1.40 bits per heavy atom. The average molecular weight is 281 g/mol. The quantitative estimate of drug-likeness (QED) is 0.720. The Morgan fingerprint density at radius 3 is 2.60 bits per heavy atom. The molecule has 108 valence electrons. The summed E-state index contributed by atoms with van der Waals surface area (Å²) in [5.74, 6) is -3.29. The van der Waals surface area contributed by atoms with E-state index in [1.54, 1.807) is 12.1 Å². The zero-order valence-electron chi connectivity index (χ0n) is 10.9. The molecule has 0 aliphatic rings. The van der Waals surface area contributed by atoms with E-state index in [1.807, 2.05) is 0 Å². The van der Waals surface area contributed by atoms with E-state index in [2.05, 4.69) is 0 Å². The van der Waals surface area contributed by atoms with Crippen molar-refractivity contribution in [1.82, 2.24) is 4.90 Å². The number of hydrogen-bond acceptors (Lipinski definition) is 4. The van der Waals surface area contributed by atoms with Crippen LogP contribution in [-0.2, 0) is 14.4 Å². The number of nitrogens with zero attached hydrogens (tertiary/aromatic N) is 1. The molecule has 0 spiro atoms. The van der Waals surface area contributed by atoms with Gasteiger partial charge in [0.15, 0.2) is 0 Å². The van der Waals surface area contributed by atoms with Gasteiger partial charge in [0.25, 0.3) is 0 Å². The van der Waals surface area contributed by atoms with E-state index in [9.17, 15) is 14.4 Å². The summed E-state index contributed by atoms with van der Waals surface area (Å²) in [6.07, 6.45) is 3.98. The van der Waals surface area contributed by atoms with Gasteiger partial charge in [-0.3, -0.25) is 14.4 Å². The first-order chi connectivity index (χ1) is 9.40. The van der Waals surface area contributed by atoms with Gasteiger partial charge in [0.2, 0.25) is 5.91 Å². The van der Waals surface area contributed by atoms with E-state index in [0.717, 1.165) is 11.0 Å². The number of carbonyl (C=O) groups is 3. The van der Waals surface area contributed by atoms with Gasteiger partial charge in [-0.1, -0.05) is 6.92 Å². The Bertz CT molecular complexity index is 505. The van der Waals surface area contributed by atoms with E-state index in [1.165, 1.54) is 19.3 Å². The van der Waals surface area contributed by atoms with Crippen molar-refractivity contribution in [2.75, 3.05) is 13.1 Å². The summed E-state index contributed by atoms with van der Waals surface area (Å²) in [6, 6.07) is 3.27. The summed E-state index contributed by atoms with van der Waals surface area (Å²) in [6.45, 7) is 0.669. The maximum atomic E-state index is 11.9. The van der Waals surface area contributed by atoms with Crippen LogP contribution in [0.2, 0.25) is 0 Å². The molecule has 7 heteroatoms. The summed E-state index contributed by atoms with van der Waals surface area (Å²) in [7, 11) is 0. The highest BCUT2D eigenvalue weighted by molar-refractivity contribution is 5.93. The SMILES string of the molecule is CC(CN(CC(=O)O)C(=O)/C=C/c1ccco1)C(=O)O. The zero-order valence-corrected chi connectivity index (χ0v) is 10.9. The lowest BCUT2D eigenvalue weighted by Crippen LogP contribution is -2.39. The first-order valence-corrected chi connectivity index (χ1v) is 5.85. The van der Waals surface area contributed by atoms with Gasteiger partial charge in [0, 0.05) is 12.6 Å². The third kappa shape index (κ3) is 4.97. The van der Waals surface area contributed by atoms with Crippen molar-refractivity contribution in [3.05, 3.63) is 30.2 Å². The molecule has 0 aliphatic heterocycles. The number of carboxylic acids is 2. The highest BCUT2D eigenvalue weighted by atomic mass is 16.4. The third-order valence-corrected chi connectivity index (χ3v) is 2.49. The Hall–Kier alpha value is -2.57. The molecule has 1 aromatic heterocycles. The zero-order chi connectivity index (χ0) is 15.1. The average Bonchev–Trinajstić information content (AvgIpc) is 2.87. The van der Waals surface area contributed by atoms with Crippen LogP contribution in [0.1, 0.15) is 12.7 Å². The second-order valence-corrected chi connectivity index (χ2v) is 4.20. The second-order valence-electron chi connectivity index (χ2n) is 4.20. The van der Waals surface area contributed by atoms with Crippen molar-refractivity contribution in [3.8, 4) is 0 Å². The Kier molecular flexibility index (Phi) is 5.52. The van der Waals surface area contributed by atoms with Gasteiger partial charge in [-0.25, -0.2) is 0 Å². The van der Waals surface area contributed by atoms with E-state index in [4.69, 9.17) is 14.6 Å². The molecule has 1 aromatic rings. The minimum Gasteiger partial charge on any atom is -0.481 e. The van der Waals surface area contributed by atoms with Gasteiger partial charge < -0.3 is 19.5 Å². The lowest BCUT2D eigenvalue weighted by atomic mass is 10.1. The standard InChI is InChI=1S/C13H15NO6/c1-9(13(18)19)7-14(8-12(16)17)11(15)5-4-10-3-2-6-20-10/h2-6,9H,7-8H2,1H3,(H,16,17)(H,18,19)/b5-4+. The number of carbonyl (C=O) groups excluding carboxylic acids is 1. The Balaban J connectivity index is 2.73. The van der Waals surface area contributed by atoms with Crippen molar-refractivity contribution in [1.29, 1.82) is 0 Å². The molecular weight excluding hydrogens is 266 g/mol. The van der Waals surface area contributed by atoms with Crippen LogP contribution in [0.15, 0.2) is 28.9 Å². The molecule has 0 radical (unpaired) electrons. The highest BCUT2D eigenvalue weighted by Crippen LogP contribution is 2.05. The monoisotopic (exact) mass is 281 g/mol. The van der Waals surface area contributed by atoms with Crippen LogP contribution in [0.5, 0.6) is 0 Å². The molecule has 20 heavy (non-hydrogen) atoms. The summed E-state index contributed by atoms with van der Waals surface area (Å²) < 4.78 is 5.00. The minimum absolute atomic E-state index is 0.178. The number of aliphatic carboxylic acids is 2. The number of rotatable bonds is 7. The molecule has 7 nitrogen and oxygen atoms in total. The van der Waals surface area contributed by atoms with Crippen LogP contribution in [0.25, 0.3) is 6.08 Å². The number of amides is 1. The molecule has 0 saturated carbocycles. The minimum atomic E-state index is -1.21. The van der Waals surface area contributed by atoms with Crippen molar-refractivity contribution >= 4 is 23.9 Å². The molecule has 0 aromatic carbocycles. The van der Waals surface area contributed by atoms with Crippen LogP contribution in [-0.4, -0.2) is 46.0 Å². The van der Waals surface area contributed by atoms with Gasteiger partial charge in [-0.05, 0) is 18.2 Å². The molecular formula is C13H15NO6. The van der Waals surface area contributed by atoms with Gasteiger partial charge in [0.05, 0.1) is 12.2 Å². The largest absolute Gasteiger partial charge is 0.481 e. The molecule has 0 bridgehead atoms. The fourth-order valence-electron chi connectivity index (χ4n) is 1.45. The molecule has 1 rings (SSSR count). The van der Waals surface area contributed by atoms with E-state index in [0.29, 0.717) is 5.76 Å². The van der Waals surface area contributed by atoms with Gasteiger partial charge in [0.1, 0.15) is 12.3 Å². The predicted molar refractivity (Wildman–Crippen MR) is 68.8 cm³/mol. The Morgan fingerprint density at radius 2 is 2.10 bits per heavy atom. The molecule has 1 amide bonds. The molecule has 0 saturated heterocycles. The van der Waals surface area contributed by atoms with Gasteiger partial charge in [-0.15, -0.1) is 0 Å². The van der Waals surface area contributed by atoms with Gasteiger partial charge >= 0.3 is 11.9 Å². The second kappa shape index (κ2) is 7.13. The molecule has 1 unspecified atom stereocenters. The fourth-order valence-corrected chi connectivity index (χ4v) is 1.45. The van der Waals surface area contributed by atoms with Gasteiger partial charge in [-0.2, -0.15) is 0 Å². The molecule has 1 atom stereocenters. The fraction of sp³-hybridized carbons (Fsp3) is 0.308. The van der Waals surface area contributed by atoms with Crippen LogP contribution >= 0.6 is 0 Å². The summed E-state index contributed by atoms with van der Waals surface area (Å²) in [5.41, 5.74) is 0. The maximum absolute atomic E-state index is 11.9. The number of hydrogen-bond donors (Lipinski definition) is 2. The summed E-state index contributed by atoms with van der Waals surface area (Å²) in [4.78, 5) is 34.3. The molecule has 0 fully saturated rings. The van der Waals surface area contributed by atoms with Crippen molar-refractivity contribution in [3.63, 3.8) is 0 Å². The lowest BCUT2D eigenvalue weighted by molar-refractivity contribution is -0.146. The van der Waals surface area contributed by atoms with Crippen molar-refractivity contribution in [2.45, 2.75) is 6.92 Å². The third-order valence-electron chi connectivity index (χ3n) is 2.49. The van der Waals surface area contributed by atoms with Crippen molar-refractivity contribution in [2.24, 2.45) is 5.92 Å². The van der Waals surface area contributed by atoms with E-state index in [-0.39, 0.29) is 6.54 Å². The van der Waals surface area contributed by atoms with E-state index < -0.39 is 30.3 Å². The van der Waals surface area contributed by atoms with Crippen molar-refractivity contribution < 1.29 is 29.0 Å². The molecule has 2 N–H and O–H groups in total. The van der Waals surface area contributed by atoms with E-state index >= 15 is 0 Å². The van der Waals surface area contributed by atoms with Crippen LogP contribution in [0, 0.1) is 5.92 Å². The smallest absolute Gasteiger partial charge is 0.323 e. The molecule has 1 heterocycles. The maximum Gasteiger partial charge on any atom is 0.323 e. The lowest BCUT2D eigenvalue weighted by Gasteiger charge is -2.21. The predicted octanol–water partition coefficient (Wildman–Crippen LogP) is 0.927. The number of carboxylic acid groups (broad SMARTS) is 2. The van der Waals surface area contributed by atoms with Crippen LogP contribution in [0.4, 0.5) is 0 Å². The van der Waals surface area contributed by atoms with Crippen LogP contribution in [0.3, 0.4) is 0 Å². The normalized spacial score (nSPS) is 12.2. The summed E-state index contributed by atoms with van der Waals surface area (Å²) >= 11 is 0. The molecule has 0 aliphatic carbocycles. The highest BCUT2D eigenvalue weighted by Gasteiger charge is 2.21. The number of furan rings is 1. The topological polar surface area (TPSA) is 108 Å². The van der Waals surface area contributed by atoms with Crippen LogP contribution < -0.4 is 0 Å².